The van der Waals surface area contributed by atoms with Gasteiger partial charge in [-0.3, -0.25) is 4.79 Å². The van der Waals surface area contributed by atoms with Crippen LogP contribution in [0.15, 0.2) is 12.3 Å². The molecule has 1 aromatic rings. The summed E-state index contributed by atoms with van der Waals surface area (Å²) in [6.45, 7) is 0.589. The number of hydrogen-bond donors (Lipinski definition) is 1. The Morgan fingerprint density at radius 3 is 3.00 bits per heavy atom. The highest BCUT2D eigenvalue weighted by molar-refractivity contribution is 6.34. The van der Waals surface area contributed by atoms with Crippen molar-refractivity contribution in [3.63, 3.8) is 0 Å². The van der Waals surface area contributed by atoms with E-state index in [0.717, 1.165) is 0 Å². The number of pyridine rings is 1. The molecule has 0 bridgehead atoms. The molecule has 20 heavy (non-hydrogen) atoms. The molecule has 2 heterocycles. The van der Waals surface area contributed by atoms with Gasteiger partial charge < -0.3 is 15.0 Å². The first-order valence-electron chi connectivity index (χ1n) is 5.98. The maximum Gasteiger partial charge on any atom is 0.239 e. The Kier molecular flexibility index (Phi) is 5.01. The van der Waals surface area contributed by atoms with E-state index in [1.54, 1.807) is 11.0 Å². The van der Waals surface area contributed by atoms with Gasteiger partial charge in [-0.05, 0) is 0 Å². The van der Waals surface area contributed by atoms with Crippen LogP contribution in [-0.4, -0.2) is 49.2 Å². The zero-order chi connectivity index (χ0) is 14.7. The average Bonchev–Trinajstić information content (AvgIpc) is 2.82. The van der Waals surface area contributed by atoms with Crippen LogP contribution in [0.4, 0.5) is 15.9 Å². The molecule has 1 amide bonds. The van der Waals surface area contributed by atoms with Crippen molar-refractivity contribution < 1.29 is 13.9 Å². The van der Waals surface area contributed by atoms with Crippen LogP contribution in [0, 0.1) is 0 Å². The SMILES string of the molecule is CO[C@@H]1CN(c2cc(NC(=O)CCl)c(Cl)cn2)C[C@@H]1F. The van der Waals surface area contributed by atoms with Crippen molar-refractivity contribution >= 4 is 40.6 Å². The third kappa shape index (κ3) is 3.31. The van der Waals surface area contributed by atoms with E-state index >= 15 is 0 Å². The summed E-state index contributed by atoms with van der Waals surface area (Å²) in [6.07, 6.45) is -0.139. The van der Waals surface area contributed by atoms with Crippen LogP contribution in [0.25, 0.3) is 0 Å². The third-order valence-corrected chi connectivity index (χ3v) is 3.61. The van der Waals surface area contributed by atoms with Crippen molar-refractivity contribution in [2.75, 3.05) is 36.3 Å². The van der Waals surface area contributed by atoms with Crippen LogP contribution in [0.1, 0.15) is 0 Å². The number of methoxy groups -OCH3 is 1. The Balaban J connectivity index is 2.17. The molecule has 0 aromatic carbocycles. The fraction of sp³-hybridized carbons (Fsp3) is 0.500. The summed E-state index contributed by atoms with van der Waals surface area (Å²) < 4.78 is 18.7. The number of carbonyl (C=O) groups excluding carboxylic acids is 1. The van der Waals surface area contributed by atoms with Gasteiger partial charge >= 0.3 is 0 Å². The highest BCUT2D eigenvalue weighted by Crippen LogP contribution is 2.28. The van der Waals surface area contributed by atoms with Crippen LogP contribution in [0.2, 0.25) is 5.02 Å². The van der Waals surface area contributed by atoms with Gasteiger partial charge in [-0.25, -0.2) is 9.37 Å². The van der Waals surface area contributed by atoms with Gasteiger partial charge in [0.05, 0.1) is 23.5 Å². The van der Waals surface area contributed by atoms with Crippen LogP contribution in [-0.2, 0) is 9.53 Å². The Hall–Kier alpha value is -1.11. The minimum atomic E-state index is -1.07. The van der Waals surface area contributed by atoms with Gasteiger partial charge in [-0.1, -0.05) is 11.6 Å². The minimum absolute atomic E-state index is 0.171. The summed E-state index contributed by atoms with van der Waals surface area (Å²) in [5, 5.41) is 2.86. The number of anilines is 2. The van der Waals surface area contributed by atoms with Gasteiger partial charge in [0.25, 0.3) is 0 Å². The lowest BCUT2D eigenvalue weighted by Crippen LogP contribution is -2.23. The lowest BCUT2D eigenvalue weighted by Gasteiger charge is -2.18. The maximum absolute atomic E-state index is 13.7. The van der Waals surface area contributed by atoms with Crippen molar-refractivity contribution in [1.82, 2.24) is 4.98 Å². The maximum atomic E-state index is 13.7. The fourth-order valence-electron chi connectivity index (χ4n) is 2.02. The van der Waals surface area contributed by atoms with Gasteiger partial charge in [-0.15, -0.1) is 11.6 Å². The van der Waals surface area contributed by atoms with E-state index in [0.29, 0.717) is 23.1 Å². The van der Waals surface area contributed by atoms with Gasteiger partial charge in [0.15, 0.2) is 0 Å². The van der Waals surface area contributed by atoms with Crippen LogP contribution >= 0.6 is 23.2 Å². The van der Waals surface area contributed by atoms with Crippen molar-refractivity contribution in [3.8, 4) is 0 Å². The molecule has 1 aliphatic heterocycles. The van der Waals surface area contributed by atoms with Gasteiger partial charge in [0.2, 0.25) is 5.91 Å². The number of rotatable bonds is 4. The van der Waals surface area contributed by atoms with E-state index < -0.39 is 12.3 Å². The Morgan fingerprint density at radius 1 is 1.65 bits per heavy atom. The second kappa shape index (κ2) is 6.56. The number of hydrogen-bond acceptors (Lipinski definition) is 4. The fourth-order valence-corrected chi connectivity index (χ4v) is 2.24. The van der Waals surface area contributed by atoms with Crippen LogP contribution < -0.4 is 10.2 Å². The number of nitrogens with one attached hydrogen (secondary N) is 1. The number of nitrogens with zero attached hydrogens (tertiary/aromatic N) is 2. The Bertz CT molecular complexity index is 504. The number of carbonyl (C=O) groups is 1. The van der Waals surface area contributed by atoms with Crippen molar-refractivity contribution in [2.45, 2.75) is 12.3 Å². The molecule has 2 rings (SSSR count). The summed E-state index contributed by atoms with van der Waals surface area (Å²) in [4.78, 5) is 17.2. The highest BCUT2D eigenvalue weighted by atomic mass is 35.5. The summed E-state index contributed by atoms with van der Waals surface area (Å²) in [6, 6.07) is 1.59. The van der Waals surface area contributed by atoms with Crippen molar-refractivity contribution in [3.05, 3.63) is 17.3 Å². The number of alkyl halides is 2. The largest absolute Gasteiger partial charge is 0.377 e. The van der Waals surface area contributed by atoms with Gasteiger partial charge in [0, 0.05) is 19.7 Å². The summed E-state index contributed by atoms with van der Waals surface area (Å²) in [7, 11) is 1.47. The van der Waals surface area contributed by atoms with E-state index in [9.17, 15) is 9.18 Å². The number of ether oxygens (including phenoxy) is 1. The normalized spacial score (nSPS) is 22.1. The molecule has 1 saturated heterocycles. The predicted molar refractivity (Wildman–Crippen MR) is 76.5 cm³/mol. The second-order valence-corrected chi connectivity index (χ2v) is 5.07. The highest BCUT2D eigenvalue weighted by Gasteiger charge is 2.33. The molecule has 1 N–H and O–H groups in total. The molecule has 0 spiro atoms. The monoisotopic (exact) mass is 321 g/mol. The molecule has 1 aromatic heterocycles. The first-order valence-corrected chi connectivity index (χ1v) is 6.89. The van der Waals surface area contributed by atoms with E-state index in [1.807, 2.05) is 0 Å². The standard InChI is InChI=1S/C12H14Cl2FN3O2/c1-20-10-6-18(5-8(10)15)11-2-9(7(14)4-16-11)17-12(19)3-13/h2,4,8,10H,3,5-6H2,1H3,(H,16,17,19)/t8-,10+/m0/s1. The van der Waals surface area contributed by atoms with Gasteiger partial charge in [-0.2, -0.15) is 0 Å². The first kappa shape index (κ1) is 15.3. The molecule has 0 radical (unpaired) electrons. The third-order valence-electron chi connectivity index (χ3n) is 3.06. The van der Waals surface area contributed by atoms with E-state index in [4.69, 9.17) is 27.9 Å². The summed E-state index contributed by atoms with van der Waals surface area (Å²) >= 11 is 11.4. The molecule has 0 aliphatic carbocycles. The van der Waals surface area contributed by atoms with Gasteiger partial charge in [0.1, 0.15) is 24.0 Å². The molecule has 5 nitrogen and oxygen atoms in total. The first-order chi connectivity index (χ1) is 9.55. The zero-order valence-corrected chi connectivity index (χ0v) is 12.3. The lowest BCUT2D eigenvalue weighted by molar-refractivity contribution is -0.113. The minimum Gasteiger partial charge on any atom is -0.377 e. The molecule has 1 fully saturated rings. The number of aromatic nitrogens is 1. The molecule has 0 saturated carbocycles. The summed E-state index contributed by atoms with van der Waals surface area (Å²) in [5.41, 5.74) is 0.401. The smallest absolute Gasteiger partial charge is 0.239 e. The predicted octanol–water partition coefficient (Wildman–Crippen LogP) is 2.09. The lowest BCUT2D eigenvalue weighted by atomic mass is 10.3. The molecule has 8 heteroatoms. The molecule has 2 atom stereocenters. The molecular formula is C12H14Cl2FN3O2. The van der Waals surface area contributed by atoms with Crippen molar-refractivity contribution in [2.24, 2.45) is 0 Å². The Labute approximate surface area is 126 Å². The number of amides is 1. The van der Waals surface area contributed by atoms with E-state index in [-0.39, 0.29) is 18.3 Å². The molecule has 1 aliphatic rings. The Morgan fingerprint density at radius 2 is 2.40 bits per heavy atom. The second-order valence-electron chi connectivity index (χ2n) is 4.40. The zero-order valence-electron chi connectivity index (χ0n) is 10.8. The summed E-state index contributed by atoms with van der Waals surface area (Å²) in [5.74, 6) is -0.0116. The molecule has 0 unspecified atom stereocenters. The van der Waals surface area contributed by atoms with Crippen LogP contribution in [0.5, 0.6) is 0 Å². The molecular weight excluding hydrogens is 308 g/mol. The van der Waals surface area contributed by atoms with Crippen LogP contribution in [0.3, 0.4) is 0 Å². The topological polar surface area (TPSA) is 54.5 Å². The quantitative estimate of drug-likeness (QED) is 0.863. The molecule has 110 valence electrons. The van der Waals surface area contributed by atoms with Crippen molar-refractivity contribution in [1.29, 1.82) is 0 Å². The average molecular weight is 322 g/mol. The van der Waals surface area contributed by atoms with E-state index in [1.165, 1.54) is 13.3 Å². The van der Waals surface area contributed by atoms with E-state index in [2.05, 4.69) is 10.3 Å². The number of halogens is 3.